The molecular formula is C13H21NO2. The van der Waals surface area contributed by atoms with E-state index >= 15 is 0 Å². The Morgan fingerprint density at radius 3 is 3.19 bits per heavy atom. The molecule has 1 N–H and O–H groups in total. The van der Waals surface area contributed by atoms with E-state index in [0.717, 1.165) is 12.8 Å². The van der Waals surface area contributed by atoms with Crippen LogP contribution in [-0.2, 0) is 4.74 Å². The lowest BCUT2D eigenvalue weighted by molar-refractivity contribution is -0.238. The van der Waals surface area contributed by atoms with Crippen molar-refractivity contribution in [3.63, 3.8) is 0 Å². The molecular weight excluding hydrogens is 202 g/mol. The maximum Gasteiger partial charge on any atom is 0.172 e. The summed E-state index contributed by atoms with van der Waals surface area (Å²) in [7, 11) is 0. The molecule has 0 radical (unpaired) electrons. The Morgan fingerprint density at radius 1 is 1.50 bits per heavy atom. The number of unbranched alkanes of at least 4 members (excludes halogenated alkanes) is 1. The topological polar surface area (TPSA) is 32.7 Å². The van der Waals surface area contributed by atoms with Crippen molar-refractivity contribution < 1.29 is 9.84 Å². The van der Waals surface area contributed by atoms with Gasteiger partial charge in [-0.25, -0.2) is 0 Å². The summed E-state index contributed by atoms with van der Waals surface area (Å²) in [5.74, 6) is -0.357. The Balaban J connectivity index is 1.76. The minimum absolute atomic E-state index is 0.230. The summed E-state index contributed by atoms with van der Waals surface area (Å²) >= 11 is 0. The molecule has 0 saturated carbocycles. The van der Waals surface area contributed by atoms with Crippen molar-refractivity contribution in [1.82, 2.24) is 4.90 Å². The van der Waals surface area contributed by atoms with Crippen molar-refractivity contribution in [3.05, 3.63) is 0 Å². The zero-order valence-corrected chi connectivity index (χ0v) is 9.98. The third-order valence-electron chi connectivity index (χ3n) is 5.63. The Kier molecular flexibility index (Phi) is 1.74. The van der Waals surface area contributed by atoms with Crippen LogP contribution in [0.25, 0.3) is 0 Å². The van der Waals surface area contributed by atoms with E-state index in [-0.39, 0.29) is 5.54 Å². The third-order valence-corrected chi connectivity index (χ3v) is 5.63. The van der Waals surface area contributed by atoms with Crippen LogP contribution in [0.15, 0.2) is 0 Å². The van der Waals surface area contributed by atoms with Gasteiger partial charge in [-0.05, 0) is 25.8 Å². The van der Waals surface area contributed by atoms with Crippen LogP contribution in [0.5, 0.6) is 0 Å². The van der Waals surface area contributed by atoms with Gasteiger partial charge in [-0.15, -0.1) is 0 Å². The van der Waals surface area contributed by atoms with Gasteiger partial charge < -0.3 is 9.84 Å². The van der Waals surface area contributed by atoms with Gasteiger partial charge in [0.15, 0.2) is 5.79 Å². The molecule has 90 valence electrons. The van der Waals surface area contributed by atoms with E-state index in [9.17, 15) is 5.11 Å². The van der Waals surface area contributed by atoms with Gasteiger partial charge in [0.25, 0.3) is 0 Å². The van der Waals surface area contributed by atoms with Gasteiger partial charge >= 0.3 is 0 Å². The highest BCUT2D eigenvalue weighted by atomic mass is 16.6. The van der Waals surface area contributed by atoms with Crippen LogP contribution in [0.4, 0.5) is 0 Å². The molecule has 16 heavy (non-hydrogen) atoms. The molecule has 5 unspecified atom stereocenters. The number of ether oxygens (including phenoxy) is 1. The average Bonchev–Trinajstić information content (AvgIpc) is 2.76. The van der Waals surface area contributed by atoms with E-state index in [1.807, 2.05) is 0 Å². The van der Waals surface area contributed by atoms with Gasteiger partial charge in [0.05, 0.1) is 11.6 Å². The predicted molar refractivity (Wildman–Crippen MR) is 59.9 cm³/mol. The number of hydrogen-bond acceptors (Lipinski definition) is 3. The maximum atomic E-state index is 10.6. The Hall–Kier alpha value is -0.120. The monoisotopic (exact) mass is 223 g/mol. The van der Waals surface area contributed by atoms with Crippen LogP contribution in [0, 0.1) is 5.92 Å². The first-order valence-electron chi connectivity index (χ1n) is 6.87. The van der Waals surface area contributed by atoms with Crippen molar-refractivity contribution >= 4 is 0 Å². The summed E-state index contributed by atoms with van der Waals surface area (Å²) in [6.45, 7) is 3.45. The fourth-order valence-corrected chi connectivity index (χ4v) is 5.19. The van der Waals surface area contributed by atoms with Crippen molar-refractivity contribution in [2.45, 2.75) is 68.9 Å². The van der Waals surface area contributed by atoms with Gasteiger partial charge in [-0.1, -0.05) is 19.8 Å². The molecule has 3 nitrogen and oxygen atoms in total. The molecule has 5 saturated heterocycles. The molecule has 0 amide bonds. The maximum absolute atomic E-state index is 10.6. The normalized spacial score (nSPS) is 61.1. The zero-order chi connectivity index (χ0) is 11.0. The number of nitrogens with zero attached hydrogens (tertiary/aromatic N) is 1. The van der Waals surface area contributed by atoms with Crippen molar-refractivity contribution in [3.8, 4) is 0 Å². The predicted octanol–water partition coefficient (Wildman–Crippen LogP) is 1.50. The lowest BCUT2D eigenvalue weighted by atomic mass is 9.75. The molecule has 6 bridgehead atoms. The third kappa shape index (κ3) is 0.856. The Labute approximate surface area is 96.8 Å². The summed E-state index contributed by atoms with van der Waals surface area (Å²) in [6.07, 6.45) is 7.26. The van der Waals surface area contributed by atoms with E-state index < -0.39 is 5.79 Å². The van der Waals surface area contributed by atoms with Crippen LogP contribution in [0.3, 0.4) is 0 Å². The van der Waals surface area contributed by atoms with E-state index in [4.69, 9.17) is 4.74 Å². The standard InChI is InChI=1S/C13H21NO2/c1-2-3-5-12-10-4-6-14(12)9-7-11(12)16-13(10,15)8-9/h9-11,15H,2-8H2,1H3/t9?,10?,11?,12?,13-/m1/s1. The van der Waals surface area contributed by atoms with E-state index in [2.05, 4.69) is 11.8 Å². The van der Waals surface area contributed by atoms with Crippen molar-refractivity contribution in [2.24, 2.45) is 5.92 Å². The summed E-state index contributed by atoms with van der Waals surface area (Å²) in [5, 5.41) is 10.6. The molecule has 5 fully saturated rings. The van der Waals surface area contributed by atoms with Gasteiger partial charge in [-0.2, -0.15) is 0 Å². The molecule has 3 heteroatoms. The average molecular weight is 223 g/mol. The first-order valence-corrected chi connectivity index (χ1v) is 6.87. The van der Waals surface area contributed by atoms with E-state index in [1.165, 1.54) is 32.2 Å². The molecule has 5 aliphatic rings. The molecule has 0 aromatic carbocycles. The molecule has 0 aliphatic carbocycles. The summed E-state index contributed by atoms with van der Waals surface area (Å²) in [6, 6.07) is 0.611. The van der Waals surface area contributed by atoms with E-state index in [1.54, 1.807) is 0 Å². The molecule has 0 spiro atoms. The lowest BCUT2D eigenvalue weighted by Gasteiger charge is -2.44. The second-order valence-corrected chi connectivity index (χ2v) is 6.17. The molecule has 0 aromatic heterocycles. The minimum atomic E-state index is -0.756. The van der Waals surface area contributed by atoms with Crippen LogP contribution in [-0.4, -0.2) is 40.0 Å². The lowest BCUT2D eigenvalue weighted by Crippen LogP contribution is -2.56. The SMILES string of the molecule is CCCCC12C3CC4C[C@@](O)(O3)C1CCN42. The Bertz CT molecular complexity index is 334. The van der Waals surface area contributed by atoms with Crippen LogP contribution >= 0.6 is 0 Å². The van der Waals surface area contributed by atoms with Gasteiger partial charge in [-0.3, -0.25) is 4.90 Å². The highest BCUT2D eigenvalue weighted by Gasteiger charge is 2.76. The van der Waals surface area contributed by atoms with Crippen molar-refractivity contribution in [2.75, 3.05) is 6.54 Å². The van der Waals surface area contributed by atoms with Gasteiger partial charge in [0.1, 0.15) is 0 Å². The second-order valence-electron chi connectivity index (χ2n) is 6.17. The number of piperidine rings is 1. The zero-order valence-electron chi connectivity index (χ0n) is 9.98. The van der Waals surface area contributed by atoms with Crippen LogP contribution in [0.1, 0.15) is 45.4 Å². The van der Waals surface area contributed by atoms with Crippen LogP contribution in [0.2, 0.25) is 0 Å². The summed E-state index contributed by atoms with van der Waals surface area (Å²) in [4.78, 5) is 2.69. The largest absolute Gasteiger partial charge is 0.365 e. The smallest absolute Gasteiger partial charge is 0.172 e. The quantitative estimate of drug-likeness (QED) is 0.787. The molecule has 0 aromatic rings. The highest BCUT2D eigenvalue weighted by molar-refractivity contribution is 5.25. The summed E-state index contributed by atoms with van der Waals surface area (Å²) in [5.41, 5.74) is 0.230. The van der Waals surface area contributed by atoms with Crippen LogP contribution < -0.4 is 0 Å². The molecule has 5 aliphatic heterocycles. The van der Waals surface area contributed by atoms with E-state index in [0.29, 0.717) is 18.1 Å². The van der Waals surface area contributed by atoms with Gasteiger partial charge in [0, 0.05) is 18.4 Å². The minimum Gasteiger partial charge on any atom is -0.365 e. The number of hydrogen-bond donors (Lipinski definition) is 1. The Morgan fingerprint density at radius 2 is 2.38 bits per heavy atom. The molecule has 6 atom stereocenters. The molecule has 5 heterocycles. The summed E-state index contributed by atoms with van der Waals surface area (Å²) < 4.78 is 5.99. The molecule has 5 rings (SSSR count). The fraction of sp³-hybridized carbons (Fsp3) is 1.00. The van der Waals surface area contributed by atoms with Crippen molar-refractivity contribution in [1.29, 1.82) is 0 Å². The first kappa shape index (κ1) is 9.86. The number of rotatable bonds is 3. The second kappa shape index (κ2) is 2.82. The highest BCUT2D eigenvalue weighted by Crippen LogP contribution is 2.65. The van der Waals surface area contributed by atoms with Gasteiger partial charge in [0.2, 0.25) is 0 Å². The first-order chi connectivity index (χ1) is 7.71. The number of aliphatic hydroxyl groups is 1. The fourth-order valence-electron chi connectivity index (χ4n) is 5.19.